The fourth-order valence-corrected chi connectivity index (χ4v) is 2.37. The molecule has 126 valence electrons. The lowest BCUT2D eigenvalue weighted by molar-refractivity contribution is -0.608. The molecule has 6 nitrogen and oxygen atoms in total. The second kappa shape index (κ2) is 7.00. The molecule has 0 unspecified atom stereocenters. The van der Waals surface area contributed by atoms with Crippen LogP contribution in [0.1, 0.15) is 17.4 Å². The zero-order chi connectivity index (χ0) is 17.8. The van der Waals surface area contributed by atoms with Crippen molar-refractivity contribution in [3.8, 4) is 0 Å². The van der Waals surface area contributed by atoms with Gasteiger partial charge < -0.3 is 15.3 Å². The van der Waals surface area contributed by atoms with Crippen molar-refractivity contribution in [3.05, 3.63) is 77.8 Å². The smallest absolute Gasteiger partial charge is 0.405 e. The average Bonchev–Trinajstić information content (AvgIpc) is 2.61. The molecule has 0 bridgehead atoms. The third-order valence-electron chi connectivity index (χ3n) is 3.70. The Morgan fingerprint density at radius 1 is 1.04 bits per heavy atom. The van der Waals surface area contributed by atoms with Gasteiger partial charge in [-0.05, 0) is 35.9 Å². The number of benzene rings is 2. The Hall–Kier alpha value is -3.41. The van der Waals surface area contributed by atoms with Crippen LogP contribution in [0.25, 0.3) is 10.8 Å². The predicted octanol–water partition coefficient (Wildman–Crippen LogP) is 2.66. The van der Waals surface area contributed by atoms with Gasteiger partial charge in [-0.25, -0.2) is 4.79 Å². The number of esters is 1. The first-order valence-corrected chi connectivity index (χ1v) is 7.73. The lowest BCUT2D eigenvalue weighted by Gasteiger charge is -2.13. The molecule has 1 aromatic heterocycles. The molecular formula is C19H16N2O4. The van der Waals surface area contributed by atoms with E-state index in [1.165, 1.54) is 25.3 Å². The maximum absolute atomic E-state index is 12.2. The summed E-state index contributed by atoms with van der Waals surface area (Å²) in [7, 11) is 0. The monoisotopic (exact) mass is 336 g/mol. The van der Waals surface area contributed by atoms with Crippen molar-refractivity contribution in [1.29, 1.82) is 0 Å². The number of nitrogens with zero attached hydrogens (tertiary/aromatic N) is 1. The van der Waals surface area contributed by atoms with E-state index in [9.17, 15) is 14.8 Å². The normalized spacial score (nSPS) is 11.7. The predicted molar refractivity (Wildman–Crippen MR) is 92.9 cm³/mol. The SMILES string of the molecule is C[C@H](OC(=O)c1cccc[n+]1[O-])C(=O)Nc1ccc2ccccc2c1. The van der Waals surface area contributed by atoms with E-state index < -0.39 is 18.0 Å². The zero-order valence-electron chi connectivity index (χ0n) is 13.5. The van der Waals surface area contributed by atoms with Crippen molar-refractivity contribution in [2.24, 2.45) is 0 Å². The fourth-order valence-electron chi connectivity index (χ4n) is 2.37. The molecule has 0 fully saturated rings. The standard InChI is InChI=1S/C19H16N2O4/c1-13(25-19(23)17-8-4-5-11-21(17)24)18(22)20-16-10-9-14-6-2-3-7-15(14)12-16/h2-13H,1H3,(H,20,22)/t13-/m0/s1. The topological polar surface area (TPSA) is 82.3 Å². The number of carbonyl (C=O) groups excluding carboxylic acids is 2. The summed E-state index contributed by atoms with van der Waals surface area (Å²) in [5.74, 6) is -1.33. The molecule has 1 heterocycles. The molecule has 1 amide bonds. The number of fused-ring (bicyclic) bond motifs is 1. The minimum atomic E-state index is -1.04. The number of carbonyl (C=O) groups is 2. The number of hydrogen-bond acceptors (Lipinski definition) is 4. The third-order valence-corrected chi connectivity index (χ3v) is 3.70. The number of anilines is 1. The van der Waals surface area contributed by atoms with Crippen LogP contribution in [-0.4, -0.2) is 18.0 Å². The Bertz CT molecular complexity index is 939. The van der Waals surface area contributed by atoms with Gasteiger partial charge in [0.15, 0.2) is 12.3 Å². The Balaban J connectivity index is 1.67. The molecule has 0 radical (unpaired) electrons. The molecule has 0 aliphatic heterocycles. The van der Waals surface area contributed by atoms with Gasteiger partial charge in [0, 0.05) is 17.8 Å². The zero-order valence-corrected chi connectivity index (χ0v) is 13.5. The maximum atomic E-state index is 12.2. The minimum absolute atomic E-state index is 0.173. The summed E-state index contributed by atoms with van der Waals surface area (Å²) in [6.07, 6.45) is 0.148. The number of pyridine rings is 1. The van der Waals surface area contributed by atoms with Crippen molar-refractivity contribution >= 4 is 28.3 Å². The molecule has 6 heteroatoms. The van der Waals surface area contributed by atoms with Gasteiger partial charge in [0.05, 0.1) is 0 Å². The van der Waals surface area contributed by atoms with Crippen LogP contribution in [0.3, 0.4) is 0 Å². The second-order valence-electron chi connectivity index (χ2n) is 5.51. The molecule has 25 heavy (non-hydrogen) atoms. The first-order valence-electron chi connectivity index (χ1n) is 7.73. The molecule has 0 saturated heterocycles. The van der Waals surface area contributed by atoms with E-state index in [4.69, 9.17) is 4.74 Å². The largest absolute Gasteiger partial charge is 0.618 e. The van der Waals surface area contributed by atoms with Gasteiger partial charge >= 0.3 is 11.7 Å². The first-order chi connectivity index (χ1) is 12.0. The van der Waals surface area contributed by atoms with Crippen LogP contribution in [-0.2, 0) is 9.53 Å². The van der Waals surface area contributed by atoms with E-state index in [-0.39, 0.29) is 5.69 Å². The van der Waals surface area contributed by atoms with Gasteiger partial charge in [-0.3, -0.25) is 4.79 Å². The lowest BCUT2D eigenvalue weighted by atomic mass is 10.1. The first kappa shape index (κ1) is 16.4. The average molecular weight is 336 g/mol. The van der Waals surface area contributed by atoms with Gasteiger partial charge in [0.2, 0.25) is 0 Å². The number of rotatable bonds is 4. The summed E-state index contributed by atoms with van der Waals surface area (Å²) in [5.41, 5.74) is 0.429. The number of nitrogens with one attached hydrogen (secondary N) is 1. The number of hydrogen-bond donors (Lipinski definition) is 1. The van der Waals surface area contributed by atoms with Gasteiger partial charge in [0.25, 0.3) is 5.91 Å². The van der Waals surface area contributed by atoms with Crippen molar-refractivity contribution in [1.82, 2.24) is 0 Å². The Morgan fingerprint density at radius 3 is 2.52 bits per heavy atom. The van der Waals surface area contributed by atoms with Crippen LogP contribution < -0.4 is 10.0 Å². The van der Waals surface area contributed by atoms with Crippen molar-refractivity contribution in [3.63, 3.8) is 0 Å². The van der Waals surface area contributed by atoms with E-state index in [0.717, 1.165) is 10.8 Å². The molecule has 3 aromatic rings. The summed E-state index contributed by atoms with van der Waals surface area (Å²) in [6.45, 7) is 1.45. The van der Waals surface area contributed by atoms with Crippen LogP contribution in [0.5, 0.6) is 0 Å². The van der Waals surface area contributed by atoms with E-state index >= 15 is 0 Å². The molecule has 3 rings (SSSR count). The highest BCUT2D eigenvalue weighted by atomic mass is 16.6. The van der Waals surface area contributed by atoms with Crippen LogP contribution in [0, 0.1) is 5.21 Å². The molecule has 2 aromatic carbocycles. The molecule has 1 atom stereocenters. The highest BCUT2D eigenvalue weighted by Crippen LogP contribution is 2.19. The second-order valence-corrected chi connectivity index (χ2v) is 5.51. The summed E-state index contributed by atoms with van der Waals surface area (Å²) in [4.78, 5) is 24.2. The number of ether oxygens (including phenoxy) is 1. The van der Waals surface area contributed by atoms with Crippen LogP contribution in [0.2, 0.25) is 0 Å². The molecule has 1 N–H and O–H groups in total. The third kappa shape index (κ3) is 3.74. The molecule has 0 aliphatic carbocycles. The molecule has 0 aliphatic rings. The summed E-state index contributed by atoms with van der Waals surface area (Å²) >= 11 is 0. The van der Waals surface area contributed by atoms with Gasteiger partial charge in [0.1, 0.15) is 0 Å². The van der Waals surface area contributed by atoms with Gasteiger partial charge in [-0.1, -0.05) is 30.3 Å². The fraction of sp³-hybridized carbons (Fsp3) is 0.105. The van der Waals surface area contributed by atoms with Crippen LogP contribution >= 0.6 is 0 Å². The van der Waals surface area contributed by atoms with E-state index in [1.54, 1.807) is 12.1 Å². The Kier molecular flexibility index (Phi) is 4.61. The highest BCUT2D eigenvalue weighted by Gasteiger charge is 2.23. The van der Waals surface area contributed by atoms with Crippen molar-refractivity contribution < 1.29 is 19.1 Å². The van der Waals surface area contributed by atoms with Gasteiger partial charge in [-0.15, -0.1) is 0 Å². The van der Waals surface area contributed by atoms with Crippen LogP contribution in [0.15, 0.2) is 66.9 Å². The summed E-state index contributed by atoms with van der Waals surface area (Å²) in [6, 6.07) is 17.7. The van der Waals surface area contributed by atoms with E-state index in [1.807, 2.05) is 36.4 Å². The molecular weight excluding hydrogens is 320 g/mol. The van der Waals surface area contributed by atoms with E-state index in [0.29, 0.717) is 10.4 Å². The quantitative estimate of drug-likeness (QED) is 0.451. The molecule has 0 saturated carbocycles. The van der Waals surface area contributed by atoms with Gasteiger partial charge in [-0.2, -0.15) is 4.73 Å². The van der Waals surface area contributed by atoms with Crippen LogP contribution in [0.4, 0.5) is 5.69 Å². The lowest BCUT2D eigenvalue weighted by Crippen LogP contribution is -2.37. The Labute approximate surface area is 144 Å². The minimum Gasteiger partial charge on any atom is -0.618 e. The number of amides is 1. The number of aromatic nitrogens is 1. The maximum Gasteiger partial charge on any atom is 0.405 e. The van der Waals surface area contributed by atoms with Crippen molar-refractivity contribution in [2.75, 3.05) is 5.32 Å². The summed E-state index contributed by atoms with van der Waals surface area (Å²) < 4.78 is 5.47. The highest BCUT2D eigenvalue weighted by molar-refractivity contribution is 5.98. The summed E-state index contributed by atoms with van der Waals surface area (Å²) in [5, 5.41) is 16.3. The van der Waals surface area contributed by atoms with E-state index in [2.05, 4.69) is 5.32 Å². The molecule has 0 spiro atoms. The Morgan fingerprint density at radius 2 is 1.76 bits per heavy atom. The van der Waals surface area contributed by atoms with Crippen molar-refractivity contribution in [2.45, 2.75) is 13.0 Å².